The van der Waals surface area contributed by atoms with Crippen LogP contribution in [0.25, 0.3) is 5.76 Å². The Hall–Kier alpha value is -3.39. The van der Waals surface area contributed by atoms with Gasteiger partial charge in [0, 0.05) is 26.3 Å². The number of hydrogen-bond donors (Lipinski definition) is 1. The minimum atomic E-state index is -0.857. The van der Waals surface area contributed by atoms with Gasteiger partial charge < -0.3 is 24.4 Å². The second kappa shape index (κ2) is 10.0. The molecule has 0 bridgehead atoms. The summed E-state index contributed by atoms with van der Waals surface area (Å²) in [5.41, 5.74) is 1.46. The quantitative estimate of drug-likeness (QED) is 0.370. The molecule has 1 heterocycles. The van der Waals surface area contributed by atoms with Crippen molar-refractivity contribution in [3.05, 3.63) is 65.0 Å². The van der Waals surface area contributed by atoms with E-state index in [-0.39, 0.29) is 36.1 Å². The van der Waals surface area contributed by atoms with Crippen molar-refractivity contribution in [1.82, 2.24) is 4.90 Å². The van der Waals surface area contributed by atoms with Crippen LogP contribution in [0.15, 0.2) is 48.0 Å². The van der Waals surface area contributed by atoms with Crippen molar-refractivity contribution < 1.29 is 28.6 Å². The Morgan fingerprint density at radius 3 is 2.39 bits per heavy atom. The number of aliphatic hydroxyl groups is 1. The number of carbonyl (C=O) groups is 2. The van der Waals surface area contributed by atoms with Gasteiger partial charge in [0.05, 0.1) is 37.0 Å². The summed E-state index contributed by atoms with van der Waals surface area (Å²) in [4.78, 5) is 29.4. The first kappa shape index (κ1) is 24.3. The first-order chi connectivity index (χ1) is 15.6. The monoisotopic (exact) mass is 456 g/mol. The van der Waals surface area contributed by atoms with E-state index in [1.54, 1.807) is 12.1 Å². The zero-order valence-electron chi connectivity index (χ0n) is 19.5. The molecule has 33 heavy (non-hydrogen) atoms. The zero-order chi connectivity index (χ0) is 24.3. The summed E-state index contributed by atoms with van der Waals surface area (Å²) in [5, 5.41) is 11.1. The molecule has 1 unspecified atom stereocenters. The summed E-state index contributed by atoms with van der Waals surface area (Å²) in [7, 11) is 5.18. The molecule has 2 aromatic rings. The van der Waals surface area contributed by atoms with E-state index in [4.69, 9.17) is 9.47 Å². The van der Waals surface area contributed by atoms with Crippen molar-refractivity contribution in [3.63, 3.8) is 0 Å². The van der Waals surface area contributed by atoms with E-state index in [0.29, 0.717) is 5.56 Å². The van der Waals surface area contributed by atoms with Crippen LogP contribution in [0.5, 0.6) is 5.75 Å². The van der Waals surface area contributed by atoms with Crippen LogP contribution in [-0.4, -0.2) is 62.2 Å². The zero-order valence-corrected chi connectivity index (χ0v) is 19.5. The topological polar surface area (TPSA) is 79.3 Å². The number of carbonyl (C=O) groups excluding carboxylic acids is 2. The molecule has 3 rings (SSSR count). The molecular weight excluding hydrogens is 427 g/mol. The molecule has 176 valence electrons. The summed E-state index contributed by atoms with van der Waals surface area (Å²) in [5.74, 6) is -2.50. The second-order valence-corrected chi connectivity index (χ2v) is 8.24. The van der Waals surface area contributed by atoms with Gasteiger partial charge in [0.25, 0.3) is 11.7 Å². The predicted octanol–water partition coefficient (Wildman–Crippen LogP) is 3.75. The SMILES string of the molecule is COc1ccc(F)cc1/C(O)=C1\C(=O)C(=O)N(CCOC(C)C)C1c1ccc(N(C)C)cc1. The van der Waals surface area contributed by atoms with Crippen LogP contribution in [-0.2, 0) is 14.3 Å². The molecule has 1 N–H and O–H groups in total. The van der Waals surface area contributed by atoms with Gasteiger partial charge >= 0.3 is 0 Å². The molecule has 1 amide bonds. The number of amides is 1. The number of ketones is 1. The smallest absolute Gasteiger partial charge is 0.295 e. The molecule has 1 saturated heterocycles. The number of rotatable bonds is 8. The molecule has 8 heteroatoms. The molecule has 1 fully saturated rings. The Balaban J connectivity index is 2.15. The van der Waals surface area contributed by atoms with Crippen LogP contribution in [0.4, 0.5) is 10.1 Å². The van der Waals surface area contributed by atoms with Crippen LogP contribution >= 0.6 is 0 Å². The second-order valence-electron chi connectivity index (χ2n) is 8.24. The van der Waals surface area contributed by atoms with Crippen molar-refractivity contribution >= 4 is 23.1 Å². The van der Waals surface area contributed by atoms with E-state index < -0.39 is 29.3 Å². The number of benzene rings is 2. The number of aliphatic hydroxyl groups excluding tert-OH is 1. The summed E-state index contributed by atoms with van der Waals surface area (Å²) >= 11 is 0. The van der Waals surface area contributed by atoms with E-state index in [1.807, 2.05) is 45.0 Å². The van der Waals surface area contributed by atoms with Gasteiger partial charge in [-0.25, -0.2) is 4.39 Å². The number of hydrogen-bond acceptors (Lipinski definition) is 6. The first-order valence-electron chi connectivity index (χ1n) is 10.7. The predicted molar refractivity (Wildman–Crippen MR) is 124 cm³/mol. The molecule has 0 aliphatic carbocycles. The van der Waals surface area contributed by atoms with Crippen LogP contribution in [0.1, 0.15) is 31.0 Å². The lowest BCUT2D eigenvalue weighted by molar-refractivity contribution is -0.140. The maximum absolute atomic E-state index is 14.0. The van der Waals surface area contributed by atoms with Gasteiger partial charge in [-0.2, -0.15) is 0 Å². The molecular formula is C25H29FN2O5. The number of likely N-dealkylation sites (tertiary alicyclic amines) is 1. The Kier molecular flexibility index (Phi) is 7.38. The Labute approximate surface area is 193 Å². The van der Waals surface area contributed by atoms with Crippen LogP contribution < -0.4 is 9.64 Å². The number of ether oxygens (including phenoxy) is 2. The van der Waals surface area contributed by atoms with E-state index in [2.05, 4.69) is 0 Å². The molecule has 7 nitrogen and oxygen atoms in total. The van der Waals surface area contributed by atoms with Crippen molar-refractivity contribution in [2.24, 2.45) is 0 Å². The molecule has 0 radical (unpaired) electrons. The van der Waals surface area contributed by atoms with Gasteiger partial charge in [0.2, 0.25) is 0 Å². The highest BCUT2D eigenvalue weighted by atomic mass is 19.1. The van der Waals surface area contributed by atoms with E-state index in [1.165, 1.54) is 24.1 Å². The summed E-state index contributed by atoms with van der Waals surface area (Å²) in [6, 6.07) is 10.1. The molecule has 0 saturated carbocycles. The Morgan fingerprint density at radius 2 is 1.82 bits per heavy atom. The average Bonchev–Trinajstić information content (AvgIpc) is 3.03. The van der Waals surface area contributed by atoms with Crippen LogP contribution in [0, 0.1) is 5.82 Å². The third kappa shape index (κ3) is 5.01. The largest absolute Gasteiger partial charge is 0.507 e. The third-order valence-corrected chi connectivity index (χ3v) is 5.47. The number of methoxy groups -OCH3 is 1. The number of halogens is 1. The van der Waals surface area contributed by atoms with Crippen molar-refractivity contribution in [3.8, 4) is 5.75 Å². The summed E-state index contributed by atoms with van der Waals surface area (Å²) < 4.78 is 24.8. The van der Waals surface area contributed by atoms with Gasteiger partial charge in [-0.05, 0) is 49.7 Å². The molecule has 2 aromatic carbocycles. The number of nitrogens with zero attached hydrogens (tertiary/aromatic N) is 2. The fourth-order valence-electron chi connectivity index (χ4n) is 3.81. The average molecular weight is 457 g/mol. The highest BCUT2D eigenvalue weighted by molar-refractivity contribution is 6.46. The van der Waals surface area contributed by atoms with Gasteiger partial charge in [0.15, 0.2) is 0 Å². The summed E-state index contributed by atoms with van der Waals surface area (Å²) in [6.07, 6.45) is -0.0452. The molecule has 0 spiro atoms. The van der Waals surface area contributed by atoms with E-state index in [9.17, 15) is 19.1 Å². The van der Waals surface area contributed by atoms with Crippen LogP contribution in [0.3, 0.4) is 0 Å². The van der Waals surface area contributed by atoms with Gasteiger partial charge in [0.1, 0.15) is 17.3 Å². The lowest BCUT2D eigenvalue weighted by Crippen LogP contribution is -2.33. The highest BCUT2D eigenvalue weighted by Crippen LogP contribution is 2.41. The maximum Gasteiger partial charge on any atom is 0.295 e. The molecule has 1 aliphatic heterocycles. The first-order valence-corrected chi connectivity index (χ1v) is 10.7. The Morgan fingerprint density at radius 1 is 1.15 bits per heavy atom. The van der Waals surface area contributed by atoms with Crippen LogP contribution in [0.2, 0.25) is 0 Å². The minimum absolute atomic E-state index is 0.00356. The highest BCUT2D eigenvalue weighted by Gasteiger charge is 2.46. The molecule has 1 aliphatic rings. The van der Waals surface area contributed by atoms with Gasteiger partial charge in [-0.1, -0.05) is 12.1 Å². The lowest BCUT2D eigenvalue weighted by Gasteiger charge is -2.26. The van der Waals surface area contributed by atoms with Crippen molar-refractivity contribution in [2.45, 2.75) is 26.0 Å². The maximum atomic E-state index is 14.0. The fraction of sp³-hybridized carbons (Fsp3) is 0.360. The fourth-order valence-corrected chi connectivity index (χ4v) is 3.81. The molecule has 0 aromatic heterocycles. The minimum Gasteiger partial charge on any atom is -0.507 e. The normalized spacial score (nSPS) is 17.7. The van der Waals surface area contributed by atoms with Crippen molar-refractivity contribution in [1.29, 1.82) is 0 Å². The number of anilines is 1. The van der Waals surface area contributed by atoms with Crippen molar-refractivity contribution in [2.75, 3.05) is 39.3 Å². The third-order valence-electron chi connectivity index (χ3n) is 5.47. The lowest BCUT2D eigenvalue weighted by atomic mass is 9.94. The van der Waals surface area contributed by atoms with Gasteiger partial charge in [-0.15, -0.1) is 0 Å². The van der Waals surface area contributed by atoms with E-state index in [0.717, 1.165) is 11.8 Å². The number of Topliss-reactive ketones (excluding diaryl/α,β-unsaturated/α-hetero) is 1. The van der Waals surface area contributed by atoms with Gasteiger partial charge in [-0.3, -0.25) is 9.59 Å². The molecule has 1 atom stereocenters. The summed E-state index contributed by atoms with van der Waals surface area (Å²) in [6.45, 7) is 4.13. The Bertz CT molecular complexity index is 1060. The van der Waals surface area contributed by atoms with E-state index >= 15 is 0 Å². The standard InChI is InChI=1S/C25H29FN2O5/c1-15(2)33-13-12-28-22(16-6-9-18(10-7-16)27(3)4)21(24(30)25(28)31)23(29)19-14-17(26)8-11-20(19)32-5/h6-11,14-15,22,29H,12-13H2,1-5H3/b23-21+.